The molecule has 1 atom stereocenters. The number of benzene rings is 2. The Morgan fingerprint density at radius 3 is 2.32 bits per heavy atom. The van der Waals surface area contributed by atoms with Gasteiger partial charge in [0.05, 0.1) is 40.1 Å². The number of aromatic nitrogens is 4. The van der Waals surface area contributed by atoms with E-state index in [-0.39, 0.29) is 17.1 Å². The molecule has 4 bridgehead atoms. The fourth-order valence-electron chi connectivity index (χ4n) is 9.63. The summed E-state index contributed by atoms with van der Waals surface area (Å²) in [6.07, 6.45) is 13.5. The number of anilines is 2. The molecule has 2 aromatic heterocycles. The molecule has 2 N–H and O–H groups in total. The van der Waals surface area contributed by atoms with E-state index in [9.17, 15) is 5.26 Å². The zero-order valence-electron chi connectivity index (χ0n) is 27.7. The minimum atomic E-state index is -0.236. The minimum Gasteiger partial charge on any atom is -0.378 e. The first-order chi connectivity index (χ1) is 22.7. The highest BCUT2D eigenvalue weighted by atomic mass is 35.5. The van der Waals surface area contributed by atoms with E-state index < -0.39 is 0 Å². The maximum Gasteiger partial charge on any atom is 0.109 e. The Hall–Kier alpha value is -3.67. The van der Waals surface area contributed by atoms with Crippen molar-refractivity contribution in [3.63, 3.8) is 0 Å². The molecule has 5 fully saturated rings. The molecule has 2 aromatic carbocycles. The Morgan fingerprint density at radius 1 is 1.00 bits per heavy atom. The van der Waals surface area contributed by atoms with Crippen LogP contribution in [0.15, 0.2) is 54.9 Å². The second-order valence-electron chi connectivity index (χ2n) is 15.8. The maximum absolute atomic E-state index is 10.2. The van der Waals surface area contributed by atoms with Crippen LogP contribution in [-0.4, -0.2) is 49.0 Å². The number of hydrogen-bond donors (Lipinski definition) is 2. The lowest BCUT2D eigenvalue weighted by atomic mass is 9.53. The van der Waals surface area contributed by atoms with Crippen molar-refractivity contribution in [1.29, 1.82) is 5.26 Å². The molecule has 5 aliphatic rings. The number of halogens is 1. The summed E-state index contributed by atoms with van der Waals surface area (Å²) in [6, 6.07) is 17.0. The summed E-state index contributed by atoms with van der Waals surface area (Å²) in [4.78, 5) is 7.22. The molecule has 0 amide bonds. The van der Waals surface area contributed by atoms with Gasteiger partial charge in [-0.05, 0) is 108 Å². The van der Waals surface area contributed by atoms with Crippen LogP contribution in [0.25, 0.3) is 10.9 Å². The van der Waals surface area contributed by atoms with Crippen molar-refractivity contribution in [2.24, 2.45) is 17.8 Å². The molecule has 244 valence electrons. The molecule has 4 aliphatic carbocycles. The lowest BCUT2D eigenvalue weighted by Gasteiger charge is -2.57. The molecule has 3 heterocycles. The zero-order valence-corrected chi connectivity index (χ0v) is 28.5. The highest BCUT2D eigenvalue weighted by molar-refractivity contribution is 6.35. The summed E-state index contributed by atoms with van der Waals surface area (Å²) in [5.74, 6) is 2.37. The van der Waals surface area contributed by atoms with Gasteiger partial charge in [-0.15, -0.1) is 5.10 Å². The first-order valence-corrected chi connectivity index (χ1v) is 17.8. The van der Waals surface area contributed by atoms with E-state index in [1.54, 1.807) is 6.20 Å². The maximum atomic E-state index is 10.2. The van der Waals surface area contributed by atoms with Crippen LogP contribution in [0.1, 0.15) is 101 Å². The second-order valence-corrected chi connectivity index (χ2v) is 16.2. The van der Waals surface area contributed by atoms with Crippen molar-refractivity contribution >= 4 is 33.9 Å². The van der Waals surface area contributed by atoms with Crippen molar-refractivity contribution in [1.82, 2.24) is 24.9 Å². The molecule has 1 saturated heterocycles. The van der Waals surface area contributed by atoms with Crippen molar-refractivity contribution in [3.8, 4) is 6.07 Å². The third-order valence-electron chi connectivity index (χ3n) is 11.5. The summed E-state index contributed by atoms with van der Waals surface area (Å²) in [7, 11) is 0. The van der Waals surface area contributed by atoms with Gasteiger partial charge in [0.2, 0.25) is 0 Å². The summed E-state index contributed by atoms with van der Waals surface area (Å²) in [6.45, 7) is 8.97. The predicted molar refractivity (Wildman–Crippen MR) is 188 cm³/mol. The molecule has 0 spiro atoms. The topological polar surface area (TPSA) is 94.7 Å². The Morgan fingerprint density at radius 2 is 1.68 bits per heavy atom. The number of nitriles is 1. The summed E-state index contributed by atoms with van der Waals surface area (Å²) in [5, 5.41) is 28.8. The van der Waals surface area contributed by atoms with E-state index in [4.69, 9.17) is 16.7 Å². The van der Waals surface area contributed by atoms with Crippen LogP contribution in [0.5, 0.6) is 0 Å². The monoisotopic (exact) mass is 648 g/mol. The fraction of sp³-hybridized carbons (Fsp3) is 0.526. The van der Waals surface area contributed by atoms with Crippen LogP contribution < -0.4 is 10.6 Å². The summed E-state index contributed by atoms with van der Waals surface area (Å²) >= 11 is 6.98. The first-order valence-electron chi connectivity index (χ1n) is 17.5. The van der Waals surface area contributed by atoms with Gasteiger partial charge in [0, 0.05) is 41.4 Å². The molecule has 1 aliphatic heterocycles. The van der Waals surface area contributed by atoms with E-state index in [2.05, 4.69) is 93.8 Å². The molecular formula is C38H45ClN8. The number of pyridine rings is 1. The molecular weight excluding hydrogens is 604 g/mol. The van der Waals surface area contributed by atoms with Gasteiger partial charge in [0.25, 0.3) is 0 Å². The SMILES string of the molecule is CC(C)(C)N1CCC(n2cc([C@@H](Nc3cc(Cl)c4ncc(C#N)c(NC56CC7CC(CC(C7)C5)C6)c4c3)c3ccccc3)nn2)CC1. The molecule has 0 radical (unpaired) electrons. The van der Waals surface area contributed by atoms with E-state index >= 15 is 0 Å². The van der Waals surface area contributed by atoms with Crippen molar-refractivity contribution in [2.45, 2.75) is 95.3 Å². The summed E-state index contributed by atoms with van der Waals surface area (Å²) in [5.41, 5.74) is 5.18. The van der Waals surface area contributed by atoms with Crippen LogP contribution >= 0.6 is 11.6 Å². The predicted octanol–water partition coefficient (Wildman–Crippen LogP) is 8.37. The van der Waals surface area contributed by atoms with Crippen LogP contribution in [-0.2, 0) is 0 Å². The lowest BCUT2D eigenvalue weighted by molar-refractivity contribution is 0.0107. The van der Waals surface area contributed by atoms with Crippen molar-refractivity contribution < 1.29 is 0 Å². The third kappa shape index (κ3) is 5.87. The van der Waals surface area contributed by atoms with Gasteiger partial charge < -0.3 is 10.6 Å². The van der Waals surface area contributed by atoms with E-state index in [0.717, 1.165) is 71.7 Å². The lowest BCUT2D eigenvalue weighted by Crippen LogP contribution is -2.54. The number of nitrogens with zero attached hydrogens (tertiary/aromatic N) is 6. The zero-order chi connectivity index (χ0) is 32.3. The van der Waals surface area contributed by atoms with Gasteiger partial charge in [-0.1, -0.05) is 47.1 Å². The van der Waals surface area contributed by atoms with Gasteiger partial charge in [-0.3, -0.25) is 9.88 Å². The number of nitrogens with one attached hydrogen (secondary N) is 2. The number of rotatable bonds is 7. The van der Waals surface area contributed by atoms with Crippen molar-refractivity contribution in [2.75, 3.05) is 23.7 Å². The fourth-order valence-corrected chi connectivity index (χ4v) is 9.90. The standard InChI is InChI=1S/C38H45ClN8/c1-37(2,3)46-11-9-30(10-12-46)47-23-33(44-45-47)35(27-7-5-4-6-8-27)42-29-16-31-34(28(21-40)22-41-36(31)32(39)17-29)43-38-18-24-13-25(19-38)15-26(14-24)20-38/h4-8,16-17,22-26,30,35,42H,9-15,18-20H2,1-3H3,(H,41,43)/t24?,25?,26?,35-,38?/m0/s1. The Labute approximate surface area is 282 Å². The third-order valence-corrected chi connectivity index (χ3v) is 11.8. The molecule has 9 rings (SSSR count). The average molecular weight is 649 g/mol. The highest BCUT2D eigenvalue weighted by Gasteiger charge is 2.51. The van der Waals surface area contributed by atoms with Gasteiger partial charge >= 0.3 is 0 Å². The van der Waals surface area contributed by atoms with Crippen molar-refractivity contribution in [3.05, 3.63) is 76.7 Å². The largest absolute Gasteiger partial charge is 0.378 e. The second kappa shape index (κ2) is 11.8. The van der Waals surface area contributed by atoms with E-state index in [1.165, 1.54) is 38.5 Å². The van der Waals surface area contributed by atoms with Gasteiger partial charge in [0.15, 0.2) is 0 Å². The number of likely N-dealkylation sites (tertiary alicyclic amines) is 1. The molecule has 0 unspecified atom stereocenters. The number of hydrogen-bond acceptors (Lipinski definition) is 7. The van der Waals surface area contributed by atoms with Crippen LogP contribution in [0.4, 0.5) is 11.4 Å². The van der Waals surface area contributed by atoms with Crippen LogP contribution in [0.3, 0.4) is 0 Å². The molecule has 47 heavy (non-hydrogen) atoms. The quantitative estimate of drug-likeness (QED) is 0.208. The minimum absolute atomic E-state index is 0.0403. The smallest absolute Gasteiger partial charge is 0.109 e. The first kappa shape index (κ1) is 30.7. The van der Waals surface area contributed by atoms with Gasteiger partial charge in [-0.2, -0.15) is 5.26 Å². The summed E-state index contributed by atoms with van der Waals surface area (Å²) < 4.78 is 2.07. The Balaban J connectivity index is 1.12. The average Bonchev–Trinajstić information content (AvgIpc) is 3.53. The normalized spacial score (nSPS) is 26.7. The van der Waals surface area contributed by atoms with Gasteiger partial charge in [-0.25, -0.2) is 4.68 Å². The molecule has 8 nitrogen and oxygen atoms in total. The molecule has 4 saturated carbocycles. The highest BCUT2D eigenvalue weighted by Crippen LogP contribution is 2.57. The molecule has 4 aromatic rings. The van der Waals surface area contributed by atoms with Gasteiger partial charge in [0.1, 0.15) is 11.8 Å². The van der Waals surface area contributed by atoms with Crippen LogP contribution in [0, 0.1) is 29.1 Å². The van der Waals surface area contributed by atoms with E-state index in [0.29, 0.717) is 22.1 Å². The number of piperidine rings is 1. The number of fused-ring (bicyclic) bond motifs is 1. The molecule has 9 heteroatoms. The van der Waals surface area contributed by atoms with Crippen LogP contribution in [0.2, 0.25) is 5.02 Å². The van der Waals surface area contributed by atoms with E-state index in [1.807, 2.05) is 12.1 Å². The Kier molecular flexibility index (Phi) is 7.69. The Bertz CT molecular complexity index is 1780.